The standard InChI is InChI=1S/C10H20O5S/c1-4-5-8(2)6-9(7-10(11)12)15-16(3,13)14/h8-9H,4-7H2,1-3H3,(H,11,12). The molecule has 0 spiro atoms. The predicted molar refractivity (Wildman–Crippen MR) is 60.7 cm³/mol. The molecule has 0 aliphatic rings. The van der Waals surface area contributed by atoms with Crippen molar-refractivity contribution in [3.63, 3.8) is 0 Å². The smallest absolute Gasteiger partial charge is 0.306 e. The van der Waals surface area contributed by atoms with Crippen LogP contribution in [0, 0.1) is 5.92 Å². The van der Waals surface area contributed by atoms with Crippen molar-refractivity contribution in [2.45, 2.75) is 45.6 Å². The third kappa shape index (κ3) is 8.67. The van der Waals surface area contributed by atoms with Crippen LogP contribution < -0.4 is 0 Å². The Morgan fingerprint density at radius 1 is 1.44 bits per heavy atom. The Bertz CT molecular complexity index is 309. The van der Waals surface area contributed by atoms with E-state index in [2.05, 4.69) is 0 Å². The SMILES string of the molecule is CCCC(C)CC(CC(=O)O)OS(C)(=O)=O. The number of carboxylic acids is 1. The molecule has 6 heteroatoms. The molecule has 2 atom stereocenters. The molecule has 0 aliphatic carbocycles. The van der Waals surface area contributed by atoms with Crippen LogP contribution in [-0.4, -0.2) is 31.9 Å². The number of hydrogen-bond acceptors (Lipinski definition) is 4. The van der Waals surface area contributed by atoms with Gasteiger partial charge in [-0.05, 0) is 12.3 Å². The number of aliphatic carboxylic acids is 1. The average Bonchev–Trinajstić information content (AvgIpc) is 1.98. The van der Waals surface area contributed by atoms with Gasteiger partial charge in [0.25, 0.3) is 10.1 Å². The van der Waals surface area contributed by atoms with Gasteiger partial charge in [-0.2, -0.15) is 8.42 Å². The Morgan fingerprint density at radius 3 is 2.38 bits per heavy atom. The first-order valence-electron chi connectivity index (χ1n) is 5.34. The Morgan fingerprint density at radius 2 is 2.00 bits per heavy atom. The molecular formula is C10H20O5S. The van der Waals surface area contributed by atoms with Gasteiger partial charge < -0.3 is 5.11 Å². The van der Waals surface area contributed by atoms with Gasteiger partial charge in [0.05, 0.1) is 18.8 Å². The van der Waals surface area contributed by atoms with Crippen molar-refractivity contribution in [2.24, 2.45) is 5.92 Å². The maximum absolute atomic E-state index is 10.9. The van der Waals surface area contributed by atoms with Gasteiger partial charge in [-0.3, -0.25) is 8.98 Å². The summed E-state index contributed by atoms with van der Waals surface area (Å²) in [5.41, 5.74) is 0. The molecule has 0 rings (SSSR count). The lowest BCUT2D eigenvalue weighted by Crippen LogP contribution is -2.23. The van der Waals surface area contributed by atoms with Crippen molar-refractivity contribution in [1.29, 1.82) is 0 Å². The van der Waals surface area contributed by atoms with E-state index in [4.69, 9.17) is 9.29 Å². The second-order valence-electron chi connectivity index (χ2n) is 4.15. The van der Waals surface area contributed by atoms with E-state index in [9.17, 15) is 13.2 Å². The molecule has 0 saturated carbocycles. The molecule has 0 aromatic rings. The van der Waals surface area contributed by atoms with Gasteiger partial charge in [0.2, 0.25) is 0 Å². The Hall–Kier alpha value is -0.620. The first-order chi connectivity index (χ1) is 7.24. The van der Waals surface area contributed by atoms with Crippen molar-refractivity contribution < 1.29 is 22.5 Å². The van der Waals surface area contributed by atoms with Crippen molar-refractivity contribution in [3.8, 4) is 0 Å². The fourth-order valence-corrected chi connectivity index (χ4v) is 2.30. The molecular weight excluding hydrogens is 232 g/mol. The minimum atomic E-state index is -3.59. The van der Waals surface area contributed by atoms with E-state index in [1.807, 2.05) is 13.8 Å². The molecule has 0 aliphatic heterocycles. The average molecular weight is 252 g/mol. The lowest BCUT2D eigenvalue weighted by Gasteiger charge is -2.18. The summed E-state index contributed by atoms with van der Waals surface area (Å²) < 4.78 is 26.7. The Kier molecular flexibility index (Phi) is 6.59. The molecule has 1 N–H and O–H groups in total. The topological polar surface area (TPSA) is 80.7 Å². The third-order valence-electron chi connectivity index (χ3n) is 2.16. The number of hydrogen-bond donors (Lipinski definition) is 1. The molecule has 96 valence electrons. The van der Waals surface area contributed by atoms with E-state index in [-0.39, 0.29) is 12.3 Å². The van der Waals surface area contributed by atoms with Gasteiger partial charge in [0.1, 0.15) is 0 Å². The van der Waals surface area contributed by atoms with E-state index in [0.717, 1.165) is 19.1 Å². The monoisotopic (exact) mass is 252 g/mol. The molecule has 0 aromatic carbocycles. The first kappa shape index (κ1) is 15.4. The van der Waals surface area contributed by atoms with Gasteiger partial charge in [-0.1, -0.05) is 26.7 Å². The number of carbonyl (C=O) groups is 1. The second kappa shape index (κ2) is 6.85. The minimum absolute atomic E-state index is 0.260. The zero-order chi connectivity index (χ0) is 12.8. The zero-order valence-electron chi connectivity index (χ0n) is 9.97. The summed E-state index contributed by atoms with van der Waals surface area (Å²) in [6, 6.07) is 0. The van der Waals surface area contributed by atoms with Crippen LogP contribution in [0.1, 0.15) is 39.5 Å². The normalized spacial score (nSPS) is 15.7. The highest BCUT2D eigenvalue weighted by molar-refractivity contribution is 7.86. The lowest BCUT2D eigenvalue weighted by molar-refractivity contribution is -0.138. The molecule has 2 unspecified atom stereocenters. The lowest BCUT2D eigenvalue weighted by atomic mass is 9.97. The summed E-state index contributed by atoms with van der Waals surface area (Å²) in [5.74, 6) is -0.784. The molecule has 5 nitrogen and oxygen atoms in total. The van der Waals surface area contributed by atoms with Gasteiger partial charge in [-0.15, -0.1) is 0 Å². The molecule has 0 heterocycles. The fraction of sp³-hybridized carbons (Fsp3) is 0.900. The highest BCUT2D eigenvalue weighted by Crippen LogP contribution is 2.18. The predicted octanol–water partition coefficient (Wildman–Crippen LogP) is 1.63. The van der Waals surface area contributed by atoms with E-state index < -0.39 is 22.2 Å². The molecule has 16 heavy (non-hydrogen) atoms. The van der Waals surface area contributed by atoms with Gasteiger partial charge in [0, 0.05) is 0 Å². The highest BCUT2D eigenvalue weighted by Gasteiger charge is 2.21. The third-order valence-corrected chi connectivity index (χ3v) is 2.78. The van der Waals surface area contributed by atoms with Gasteiger partial charge in [0.15, 0.2) is 0 Å². The highest BCUT2D eigenvalue weighted by atomic mass is 32.2. The zero-order valence-corrected chi connectivity index (χ0v) is 10.8. The summed E-state index contributed by atoms with van der Waals surface area (Å²) in [6.45, 7) is 3.99. The molecule has 0 radical (unpaired) electrons. The van der Waals surface area contributed by atoms with Gasteiger partial charge in [-0.25, -0.2) is 0 Å². The maximum atomic E-state index is 10.9. The number of rotatable bonds is 8. The van der Waals surface area contributed by atoms with Crippen LogP contribution in [0.5, 0.6) is 0 Å². The van der Waals surface area contributed by atoms with E-state index >= 15 is 0 Å². The van der Waals surface area contributed by atoms with Crippen LogP contribution in [0.4, 0.5) is 0 Å². The number of carboxylic acid groups (broad SMARTS) is 1. The molecule has 0 saturated heterocycles. The molecule has 0 aromatic heterocycles. The molecule has 0 bridgehead atoms. The second-order valence-corrected chi connectivity index (χ2v) is 5.75. The van der Waals surface area contributed by atoms with E-state index in [1.165, 1.54) is 0 Å². The van der Waals surface area contributed by atoms with Crippen molar-refractivity contribution in [2.75, 3.05) is 6.26 Å². The van der Waals surface area contributed by atoms with E-state index in [1.54, 1.807) is 0 Å². The Labute approximate surface area is 96.9 Å². The summed E-state index contributed by atoms with van der Waals surface area (Å²) in [7, 11) is -3.59. The van der Waals surface area contributed by atoms with Crippen LogP contribution in [0.2, 0.25) is 0 Å². The summed E-state index contributed by atoms with van der Waals surface area (Å²) in [6.07, 6.45) is 2.28. The van der Waals surface area contributed by atoms with Crippen molar-refractivity contribution >= 4 is 16.1 Å². The minimum Gasteiger partial charge on any atom is -0.481 e. The molecule has 0 fully saturated rings. The Balaban J connectivity index is 4.37. The molecule has 0 amide bonds. The summed E-state index contributed by atoms with van der Waals surface area (Å²) in [4.78, 5) is 10.6. The van der Waals surface area contributed by atoms with Crippen LogP contribution in [0.15, 0.2) is 0 Å². The largest absolute Gasteiger partial charge is 0.481 e. The fourth-order valence-electron chi connectivity index (χ4n) is 1.66. The van der Waals surface area contributed by atoms with Crippen molar-refractivity contribution in [3.05, 3.63) is 0 Å². The van der Waals surface area contributed by atoms with Crippen LogP contribution in [-0.2, 0) is 19.1 Å². The van der Waals surface area contributed by atoms with E-state index in [0.29, 0.717) is 6.42 Å². The van der Waals surface area contributed by atoms with Gasteiger partial charge >= 0.3 is 5.97 Å². The van der Waals surface area contributed by atoms with Crippen LogP contribution >= 0.6 is 0 Å². The quantitative estimate of drug-likeness (QED) is 0.664. The summed E-state index contributed by atoms with van der Waals surface area (Å²) >= 11 is 0. The van der Waals surface area contributed by atoms with Crippen LogP contribution in [0.3, 0.4) is 0 Å². The summed E-state index contributed by atoms with van der Waals surface area (Å²) in [5, 5.41) is 8.65. The van der Waals surface area contributed by atoms with Crippen molar-refractivity contribution in [1.82, 2.24) is 0 Å². The van der Waals surface area contributed by atoms with Crippen LogP contribution in [0.25, 0.3) is 0 Å². The first-order valence-corrected chi connectivity index (χ1v) is 7.16. The maximum Gasteiger partial charge on any atom is 0.306 e.